The fraction of sp³-hybridized carbons (Fsp3) is 0.556. The number of hydrogen-bond acceptors (Lipinski definition) is 0. The Morgan fingerprint density at radius 3 is 1.38 bits per heavy atom. The molecule has 2 aliphatic carbocycles. The molecular formula is C18H26Cl2Hf. The van der Waals surface area contributed by atoms with Crippen molar-refractivity contribution in [2.24, 2.45) is 0 Å². The molecule has 0 saturated heterocycles. The molecule has 0 aromatic rings. The van der Waals surface area contributed by atoms with E-state index < -0.39 is 22.9 Å². The van der Waals surface area contributed by atoms with Crippen molar-refractivity contribution in [1.82, 2.24) is 0 Å². The average molecular weight is 492 g/mol. The fourth-order valence-electron chi connectivity index (χ4n) is 3.13. The standard InChI is InChI=1S/2C9H13.2ClH.Hf/c2*1-4-9-5-7(2)8(3)6-9;;;/h2*5-6H,4H2,1-3H3;2*1H;/q;;;;+2/p-2. The van der Waals surface area contributed by atoms with Gasteiger partial charge in [-0.1, -0.05) is 0 Å². The van der Waals surface area contributed by atoms with Crippen molar-refractivity contribution < 1.29 is 47.7 Å². The smallest absolute Gasteiger partial charge is 1.00 e. The SMILES string of the molecule is CCC1=C[C](C)([Hf+2][C]2(C)C=C(CC)C=C2C)C(C)=C1.[Cl-].[Cl-]. The Bertz CT molecular complexity index is 467. The molecule has 2 rings (SSSR count). The van der Waals surface area contributed by atoms with E-state index in [0.717, 1.165) is 0 Å². The molecule has 0 aromatic carbocycles. The van der Waals surface area contributed by atoms with E-state index in [9.17, 15) is 0 Å². The summed E-state index contributed by atoms with van der Waals surface area (Å²) < 4.78 is 0.851. The molecule has 0 bridgehead atoms. The Hall–Kier alpha value is 0.410. The largest absolute Gasteiger partial charge is 1.00 e. The van der Waals surface area contributed by atoms with Gasteiger partial charge in [0.1, 0.15) is 0 Å². The van der Waals surface area contributed by atoms with Gasteiger partial charge in [-0.15, -0.1) is 0 Å². The number of halogens is 2. The van der Waals surface area contributed by atoms with Crippen LogP contribution in [0.5, 0.6) is 0 Å². The van der Waals surface area contributed by atoms with Crippen molar-refractivity contribution >= 4 is 0 Å². The van der Waals surface area contributed by atoms with Crippen LogP contribution < -0.4 is 24.8 Å². The molecule has 0 spiro atoms. The first kappa shape index (κ1) is 21.4. The minimum atomic E-state index is -0.890. The summed E-state index contributed by atoms with van der Waals surface area (Å²) in [6.45, 7) is 14.2. The van der Waals surface area contributed by atoms with Crippen LogP contribution in [-0.4, -0.2) is 0 Å². The summed E-state index contributed by atoms with van der Waals surface area (Å²) in [5.41, 5.74) is 6.32. The van der Waals surface area contributed by atoms with Gasteiger partial charge in [0.2, 0.25) is 0 Å². The molecule has 0 radical (unpaired) electrons. The summed E-state index contributed by atoms with van der Waals surface area (Å²) in [4.78, 5) is 0. The van der Waals surface area contributed by atoms with E-state index in [0.29, 0.717) is 6.34 Å². The zero-order valence-electron chi connectivity index (χ0n) is 14.0. The van der Waals surface area contributed by atoms with Crippen LogP contribution in [0.1, 0.15) is 54.4 Å². The van der Waals surface area contributed by atoms with Gasteiger partial charge in [-0.3, -0.25) is 0 Å². The second-order valence-electron chi connectivity index (χ2n) is 6.33. The third-order valence-corrected chi connectivity index (χ3v) is 12.3. The van der Waals surface area contributed by atoms with Crippen molar-refractivity contribution in [2.75, 3.05) is 0 Å². The molecule has 21 heavy (non-hydrogen) atoms. The molecule has 0 aliphatic heterocycles. The molecule has 3 heteroatoms. The molecule has 0 heterocycles. The maximum Gasteiger partial charge on any atom is -1.00 e. The third-order valence-electron chi connectivity index (χ3n) is 4.73. The molecule has 2 unspecified atom stereocenters. The zero-order chi connectivity index (χ0) is 14.3. The van der Waals surface area contributed by atoms with Crippen molar-refractivity contribution in [3.05, 3.63) is 46.6 Å². The molecule has 0 N–H and O–H groups in total. The normalized spacial score (nSPS) is 30.4. The monoisotopic (exact) mass is 492 g/mol. The summed E-state index contributed by atoms with van der Waals surface area (Å²) in [5.74, 6) is 0. The molecule has 0 saturated carbocycles. The van der Waals surface area contributed by atoms with Crippen molar-refractivity contribution in [3.63, 3.8) is 0 Å². The quantitative estimate of drug-likeness (QED) is 0.487. The predicted molar refractivity (Wildman–Crippen MR) is 81.0 cm³/mol. The molecule has 0 amide bonds. The van der Waals surface area contributed by atoms with Gasteiger partial charge in [-0.25, -0.2) is 0 Å². The van der Waals surface area contributed by atoms with Crippen LogP contribution in [0.2, 0.25) is 6.34 Å². The molecule has 2 aliphatic rings. The Labute approximate surface area is 154 Å². The van der Waals surface area contributed by atoms with Gasteiger partial charge in [0.25, 0.3) is 0 Å². The molecular weight excluding hydrogens is 466 g/mol. The van der Waals surface area contributed by atoms with E-state index in [1.807, 2.05) is 0 Å². The predicted octanol–water partition coefficient (Wildman–Crippen LogP) is 0.0267. The van der Waals surface area contributed by atoms with Crippen molar-refractivity contribution in [2.45, 2.75) is 60.7 Å². The Morgan fingerprint density at radius 1 is 0.810 bits per heavy atom. The molecule has 0 nitrogen and oxygen atoms in total. The summed E-state index contributed by atoms with van der Waals surface area (Å²) in [6, 6.07) is 0. The summed E-state index contributed by atoms with van der Waals surface area (Å²) in [5, 5.41) is 0. The molecule has 2 atom stereocenters. The van der Waals surface area contributed by atoms with Gasteiger partial charge >= 0.3 is 130 Å². The summed E-state index contributed by atoms with van der Waals surface area (Å²) in [6.07, 6.45) is 12.4. The van der Waals surface area contributed by atoms with Gasteiger partial charge in [0.15, 0.2) is 0 Å². The third kappa shape index (κ3) is 4.24. The van der Waals surface area contributed by atoms with Gasteiger partial charge < -0.3 is 24.8 Å². The maximum atomic E-state index is 2.59. The second-order valence-corrected chi connectivity index (χ2v) is 14.7. The molecule has 0 aromatic heterocycles. The maximum absolute atomic E-state index is 2.59. The Morgan fingerprint density at radius 2 is 1.14 bits per heavy atom. The van der Waals surface area contributed by atoms with Crippen molar-refractivity contribution in [1.29, 1.82) is 0 Å². The van der Waals surface area contributed by atoms with E-state index in [2.05, 4.69) is 65.8 Å². The van der Waals surface area contributed by atoms with E-state index in [1.165, 1.54) is 12.8 Å². The van der Waals surface area contributed by atoms with Crippen LogP contribution in [0, 0.1) is 0 Å². The van der Waals surface area contributed by atoms with Gasteiger partial charge in [-0.05, 0) is 0 Å². The Kier molecular flexibility index (Phi) is 7.95. The van der Waals surface area contributed by atoms with Crippen LogP contribution in [-0.2, 0) is 22.9 Å². The minimum absolute atomic E-state index is 0. The minimum Gasteiger partial charge on any atom is -1.00 e. The number of allylic oxidation sites excluding steroid dienone is 8. The van der Waals surface area contributed by atoms with Crippen LogP contribution in [0.25, 0.3) is 0 Å². The van der Waals surface area contributed by atoms with Crippen LogP contribution in [0.4, 0.5) is 0 Å². The fourth-order valence-corrected chi connectivity index (χ4v) is 10.8. The van der Waals surface area contributed by atoms with Crippen molar-refractivity contribution in [3.8, 4) is 0 Å². The van der Waals surface area contributed by atoms with Gasteiger partial charge in [0.05, 0.1) is 0 Å². The first-order chi connectivity index (χ1) is 8.83. The van der Waals surface area contributed by atoms with Gasteiger partial charge in [-0.2, -0.15) is 0 Å². The van der Waals surface area contributed by atoms with E-state index >= 15 is 0 Å². The van der Waals surface area contributed by atoms with Crippen LogP contribution in [0.15, 0.2) is 46.6 Å². The summed E-state index contributed by atoms with van der Waals surface area (Å²) in [7, 11) is 0. The Balaban J connectivity index is 0.00000200. The number of hydrogen-bond donors (Lipinski definition) is 0. The number of rotatable bonds is 4. The van der Waals surface area contributed by atoms with Crippen LogP contribution >= 0.6 is 0 Å². The second kappa shape index (κ2) is 7.79. The average Bonchev–Trinajstić information content (AvgIpc) is 2.78. The topological polar surface area (TPSA) is 0 Å². The molecule has 116 valence electrons. The first-order valence-corrected chi connectivity index (χ1v) is 11.0. The first-order valence-electron chi connectivity index (χ1n) is 7.43. The summed E-state index contributed by atoms with van der Waals surface area (Å²) >= 11 is -0.890. The zero-order valence-corrected chi connectivity index (χ0v) is 19.1. The van der Waals surface area contributed by atoms with E-state index in [1.54, 1.807) is 22.3 Å². The van der Waals surface area contributed by atoms with Gasteiger partial charge in [0, 0.05) is 0 Å². The van der Waals surface area contributed by atoms with E-state index in [-0.39, 0.29) is 24.8 Å². The van der Waals surface area contributed by atoms with Crippen LogP contribution in [0.3, 0.4) is 0 Å². The van der Waals surface area contributed by atoms with E-state index in [4.69, 9.17) is 0 Å². The molecule has 0 fully saturated rings.